The average molecular weight is 270 g/mol. The Bertz CT molecular complexity index is 428. The van der Waals surface area contributed by atoms with Crippen molar-refractivity contribution in [2.45, 2.75) is 19.8 Å². The fourth-order valence-corrected chi connectivity index (χ4v) is 1.46. The molecule has 5 N–H and O–H groups in total. The van der Waals surface area contributed by atoms with Crippen LogP contribution in [0.3, 0.4) is 0 Å². The molecule has 9 nitrogen and oxygen atoms in total. The van der Waals surface area contributed by atoms with Crippen LogP contribution in [0.4, 0.5) is 17.5 Å². The Morgan fingerprint density at radius 3 is 2.95 bits per heavy atom. The van der Waals surface area contributed by atoms with Gasteiger partial charge in [0.2, 0.25) is 11.8 Å². The van der Waals surface area contributed by atoms with Crippen molar-refractivity contribution >= 4 is 17.5 Å². The van der Waals surface area contributed by atoms with Gasteiger partial charge in [-0.25, -0.2) is 10.8 Å². The third kappa shape index (κ3) is 4.64. The van der Waals surface area contributed by atoms with Gasteiger partial charge < -0.3 is 10.4 Å². The van der Waals surface area contributed by atoms with Crippen molar-refractivity contribution in [2.24, 2.45) is 11.8 Å². The van der Waals surface area contributed by atoms with Crippen molar-refractivity contribution in [3.05, 3.63) is 16.3 Å². The summed E-state index contributed by atoms with van der Waals surface area (Å²) in [6.07, 6.45) is 2.69. The van der Waals surface area contributed by atoms with Gasteiger partial charge in [0.15, 0.2) is 0 Å². The molecule has 0 amide bonds. The molecule has 1 aromatic heterocycles. The maximum Gasteiger partial charge on any atom is 0.329 e. The Hall–Kier alpha value is -2.00. The summed E-state index contributed by atoms with van der Waals surface area (Å²) in [7, 11) is 0. The van der Waals surface area contributed by atoms with E-state index in [4.69, 9.17) is 10.9 Å². The van der Waals surface area contributed by atoms with Gasteiger partial charge in [-0.3, -0.25) is 15.5 Å². The number of rotatable bonds is 8. The smallest absolute Gasteiger partial charge is 0.329 e. The van der Waals surface area contributed by atoms with Crippen molar-refractivity contribution in [3.63, 3.8) is 0 Å². The van der Waals surface area contributed by atoms with E-state index in [1.807, 2.05) is 6.92 Å². The molecule has 1 atom stereocenters. The third-order valence-electron chi connectivity index (χ3n) is 2.57. The second-order valence-electron chi connectivity index (χ2n) is 4.19. The second kappa shape index (κ2) is 7.44. The number of hydrazine groups is 1. The first kappa shape index (κ1) is 15.1. The normalized spacial score (nSPS) is 11.9. The minimum Gasteiger partial charge on any atom is -0.396 e. The largest absolute Gasteiger partial charge is 0.396 e. The molecule has 1 rings (SSSR count). The third-order valence-corrected chi connectivity index (χ3v) is 2.57. The van der Waals surface area contributed by atoms with E-state index in [1.165, 1.54) is 0 Å². The molecule has 0 aliphatic carbocycles. The molecule has 0 radical (unpaired) electrons. The molecule has 0 saturated heterocycles. The zero-order chi connectivity index (χ0) is 14.3. The number of nitro groups is 1. The van der Waals surface area contributed by atoms with Crippen LogP contribution >= 0.6 is 0 Å². The van der Waals surface area contributed by atoms with Gasteiger partial charge in [0.1, 0.15) is 6.20 Å². The van der Waals surface area contributed by atoms with E-state index in [1.54, 1.807) is 0 Å². The first-order valence-corrected chi connectivity index (χ1v) is 5.91. The van der Waals surface area contributed by atoms with Gasteiger partial charge in [-0.05, 0) is 18.8 Å². The van der Waals surface area contributed by atoms with Crippen LogP contribution in [0.25, 0.3) is 0 Å². The van der Waals surface area contributed by atoms with Crippen LogP contribution in [0.1, 0.15) is 19.8 Å². The van der Waals surface area contributed by atoms with Crippen molar-refractivity contribution in [1.82, 2.24) is 9.97 Å². The van der Waals surface area contributed by atoms with Crippen LogP contribution in [0.15, 0.2) is 6.20 Å². The predicted molar refractivity (Wildman–Crippen MR) is 70.5 cm³/mol. The zero-order valence-corrected chi connectivity index (χ0v) is 10.7. The number of nitrogens with zero attached hydrogens (tertiary/aromatic N) is 3. The maximum absolute atomic E-state index is 10.8. The lowest BCUT2D eigenvalue weighted by Crippen LogP contribution is -2.14. The van der Waals surface area contributed by atoms with Crippen LogP contribution in [0.5, 0.6) is 0 Å². The van der Waals surface area contributed by atoms with Crippen molar-refractivity contribution < 1.29 is 10.0 Å². The maximum atomic E-state index is 10.8. The monoisotopic (exact) mass is 270 g/mol. The summed E-state index contributed by atoms with van der Waals surface area (Å²) in [6, 6.07) is 0. The van der Waals surface area contributed by atoms with Crippen LogP contribution < -0.4 is 16.6 Å². The Balaban J connectivity index is 2.62. The summed E-state index contributed by atoms with van der Waals surface area (Å²) in [6.45, 7) is 2.59. The van der Waals surface area contributed by atoms with E-state index >= 15 is 0 Å². The highest BCUT2D eigenvalue weighted by Crippen LogP contribution is 2.21. The number of aromatic nitrogens is 2. The molecule has 9 heteroatoms. The van der Waals surface area contributed by atoms with Gasteiger partial charge >= 0.3 is 5.69 Å². The van der Waals surface area contributed by atoms with Crippen LogP contribution in [0.2, 0.25) is 0 Å². The highest BCUT2D eigenvalue weighted by Gasteiger charge is 2.16. The van der Waals surface area contributed by atoms with Gasteiger partial charge in [-0.2, -0.15) is 4.98 Å². The minimum atomic E-state index is -0.557. The fourth-order valence-electron chi connectivity index (χ4n) is 1.46. The lowest BCUT2D eigenvalue weighted by atomic mass is 10.1. The van der Waals surface area contributed by atoms with Crippen LogP contribution in [-0.2, 0) is 0 Å². The van der Waals surface area contributed by atoms with Gasteiger partial charge in [-0.15, -0.1) is 0 Å². The summed E-state index contributed by atoms with van der Waals surface area (Å²) in [5, 5.41) is 22.6. The minimum absolute atomic E-state index is 0.108. The number of aliphatic hydroxyl groups excluding tert-OH is 1. The highest BCUT2D eigenvalue weighted by molar-refractivity contribution is 5.56. The Morgan fingerprint density at radius 1 is 1.63 bits per heavy atom. The number of nitrogens with two attached hydrogens (primary N) is 1. The van der Waals surface area contributed by atoms with E-state index < -0.39 is 4.92 Å². The molecule has 19 heavy (non-hydrogen) atoms. The Morgan fingerprint density at radius 2 is 2.37 bits per heavy atom. The van der Waals surface area contributed by atoms with Gasteiger partial charge in [0.05, 0.1) is 4.92 Å². The van der Waals surface area contributed by atoms with Crippen LogP contribution in [-0.4, -0.2) is 33.1 Å². The molecule has 1 heterocycles. The van der Waals surface area contributed by atoms with E-state index in [0.29, 0.717) is 6.54 Å². The summed E-state index contributed by atoms with van der Waals surface area (Å²) >= 11 is 0. The van der Waals surface area contributed by atoms with Gasteiger partial charge in [0.25, 0.3) is 0 Å². The van der Waals surface area contributed by atoms with Crippen molar-refractivity contribution in [3.8, 4) is 0 Å². The SMILES string of the molecule is CC(CO)CCCNc1nc(NN)ncc1[N+](=O)[O-]. The quantitative estimate of drug-likeness (QED) is 0.231. The number of hydrogen-bond acceptors (Lipinski definition) is 8. The van der Waals surface area contributed by atoms with Crippen LogP contribution in [0, 0.1) is 16.0 Å². The van der Waals surface area contributed by atoms with E-state index in [0.717, 1.165) is 19.0 Å². The lowest BCUT2D eigenvalue weighted by Gasteiger charge is -2.09. The summed E-state index contributed by atoms with van der Waals surface area (Å²) < 4.78 is 0. The standard InChI is InChI=1S/C10H18N6O3/c1-7(6-17)3-2-4-12-9-8(16(18)19)5-13-10(14-9)15-11/h5,7,17H,2-4,6,11H2,1H3,(H2,12,13,14,15). The number of aliphatic hydroxyl groups is 1. The fraction of sp³-hybridized carbons (Fsp3) is 0.600. The zero-order valence-electron chi connectivity index (χ0n) is 10.7. The van der Waals surface area contributed by atoms with E-state index in [2.05, 4.69) is 20.7 Å². The van der Waals surface area contributed by atoms with E-state index in [9.17, 15) is 10.1 Å². The number of nitrogen functional groups attached to an aromatic ring is 1. The molecule has 0 aliphatic heterocycles. The Kier molecular flexibility index (Phi) is 5.90. The van der Waals surface area contributed by atoms with E-state index in [-0.39, 0.29) is 30.0 Å². The Labute approximate surface area is 110 Å². The molecule has 106 valence electrons. The molecular formula is C10H18N6O3. The highest BCUT2D eigenvalue weighted by atomic mass is 16.6. The summed E-state index contributed by atoms with van der Waals surface area (Å²) in [4.78, 5) is 17.8. The molecule has 0 aliphatic rings. The topological polar surface area (TPSA) is 139 Å². The molecule has 0 spiro atoms. The molecule has 0 fully saturated rings. The molecule has 0 aromatic carbocycles. The van der Waals surface area contributed by atoms with Gasteiger partial charge in [-0.1, -0.05) is 6.92 Å². The van der Waals surface area contributed by atoms with Gasteiger partial charge in [0, 0.05) is 13.2 Å². The molecule has 0 saturated carbocycles. The number of nitrogens with one attached hydrogen (secondary N) is 2. The summed E-state index contributed by atoms with van der Waals surface area (Å²) in [5.41, 5.74) is 2.03. The molecular weight excluding hydrogens is 252 g/mol. The number of anilines is 2. The van der Waals surface area contributed by atoms with Crippen molar-refractivity contribution in [2.75, 3.05) is 23.9 Å². The van der Waals surface area contributed by atoms with Crippen molar-refractivity contribution in [1.29, 1.82) is 0 Å². The molecule has 1 aromatic rings. The summed E-state index contributed by atoms with van der Waals surface area (Å²) in [5.74, 6) is 5.61. The second-order valence-corrected chi connectivity index (χ2v) is 4.19. The molecule has 1 unspecified atom stereocenters. The molecule has 0 bridgehead atoms. The predicted octanol–water partition coefficient (Wildman–Crippen LogP) is 0.491. The first-order valence-electron chi connectivity index (χ1n) is 5.91. The lowest BCUT2D eigenvalue weighted by molar-refractivity contribution is -0.384. The average Bonchev–Trinajstić information content (AvgIpc) is 2.42. The first-order chi connectivity index (χ1) is 9.08. The number of hydrogen-bond donors (Lipinski definition) is 4.